The van der Waals surface area contributed by atoms with Crippen LogP contribution >= 0.6 is 0 Å². The Bertz CT molecular complexity index is 656. The Hall–Kier alpha value is -0.860. The number of aliphatic carboxylic acids is 1. The first-order valence-corrected chi connectivity index (χ1v) is 11.9. The largest absolute Gasteiger partial charge is 0.481 e. The van der Waals surface area contributed by atoms with Gasteiger partial charge in [0.15, 0.2) is 0 Å². The van der Waals surface area contributed by atoms with Crippen molar-refractivity contribution in [1.82, 2.24) is 0 Å². The van der Waals surface area contributed by atoms with Crippen LogP contribution in [0, 0.1) is 45.8 Å². The first-order valence-electron chi connectivity index (χ1n) is 11.9. The normalized spacial score (nSPS) is 49.1. The smallest absolute Gasteiger partial charge is 0.310 e. The lowest BCUT2D eigenvalue weighted by atomic mass is 9.40. The lowest BCUT2D eigenvalue weighted by Crippen LogP contribution is -2.61. The number of rotatable bonds is 4. The van der Waals surface area contributed by atoms with Gasteiger partial charge in [-0.15, -0.1) is 0 Å². The first-order chi connectivity index (χ1) is 13.2. The van der Waals surface area contributed by atoms with E-state index < -0.39 is 11.4 Å². The number of fused-ring (bicyclic) bond motifs is 5. The molecule has 3 nitrogen and oxygen atoms in total. The van der Waals surface area contributed by atoms with Crippen molar-refractivity contribution in [2.24, 2.45) is 45.8 Å². The van der Waals surface area contributed by atoms with Gasteiger partial charge in [0, 0.05) is 12.8 Å². The number of carboxylic acid groups (broad SMARTS) is 1. The minimum atomic E-state index is -0.801. The summed E-state index contributed by atoms with van der Waals surface area (Å²) >= 11 is 0. The van der Waals surface area contributed by atoms with Crippen LogP contribution in [0.3, 0.4) is 0 Å². The molecule has 4 aliphatic rings. The molecule has 4 rings (SSSR count). The molecule has 0 radical (unpaired) electrons. The highest BCUT2D eigenvalue weighted by molar-refractivity contribution is 5.88. The average Bonchev–Trinajstić information content (AvgIpc) is 2.99. The molecule has 0 aliphatic heterocycles. The molecular weight excluding hydrogens is 348 g/mol. The predicted octanol–water partition coefficient (Wildman–Crippen LogP) is 6.11. The van der Waals surface area contributed by atoms with Crippen molar-refractivity contribution >= 4 is 11.8 Å². The first kappa shape index (κ1) is 20.4. The van der Waals surface area contributed by atoms with Crippen molar-refractivity contribution < 1.29 is 14.7 Å². The van der Waals surface area contributed by atoms with Crippen molar-refractivity contribution in [1.29, 1.82) is 0 Å². The zero-order valence-electron chi connectivity index (χ0n) is 18.4. The summed E-state index contributed by atoms with van der Waals surface area (Å²) in [5, 5.41) is 10.3. The van der Waals surface area contributed by atoms with Gasteiger partial charge < -0.3 is 5.11 Å². The second-order valence-corrected chi connectivity index (χ2v) is 11.4. The fraction of sp³-hybridized carbons (Fsp3) is 0.920. The van der Waals surface area contributed by atoms with Crippen LogP contribution in [-0.4, -0.2) is 16.9 Å². The Labute approximate surface area is 171 Å². The van der Waals surface area contributed by atoms with E-state index in [1.54, 1.807) is 0 Å². The van der Waals surface area contributed by atoms with E-state index >= 15 is 0 Å². The highest BCUT2D eigenvalue weighted by atomic mass is 16.4. The quantitative estimate of drug-likeness (QED) is 0.632. The molecule has 158 valence electrons. The number of carbonyl (C=O) groups excluding carboxylic acids is 1. The van der Waals surface area contributed by atoms with Gasteiger partial charge >= 0.3 is 5.97 Å². The van der Waals surface area contributed by atoms with Crippen LogP contribution in [0.2, 0.25) is 0 Å². The third kappa shape index (κ3) is 2.59. The minimum Gasteiger partial charge on any atom is -0.481 e. The monoisotopic (exact) mass is 388 g/mol. The molecule has 1 N–H and O–H groups in total. The third-order valence-corrected chi connectivity index (χ3v) is 10.6. The lowest BCUT2D eigenvalue weighted by molar-refractivity contribution is -0.194. The SMILES string of the molecule is CCC[C@@H](C)[C@H]1CC[C@H]2[C@@H]3CCC4(C(=O)O)CC(=O)CC[C@]4(C)[C@H]3CC[C@]12C. The van der Waals surface area contributed by atoms with Crippen molar-refractivity contribution in [2.75, 3.05) is 0 Å². The molecule has 0 aromatic carbocycles. The zero-order valence-corrected chi connectivity index (χ0v) is 18.4. The van der Waals surface area contributed by atoms with Crippen molar-refractivity contribution in [3.8, 4) is 0 Å². The summed E-state index contributed by atoms with van der Waals surface area (Å²) in [5.74, 6) is 3.04. The number of ketones is 1. The van der Waals surface area contributed by atoms with Crippen LogP contribution in [-0.2, 0) is 9.59 Å². The summed E-state index contributed by atoms with van der Waals surface area (Å²) in [5.41, 5.74) is -0.561. The van der Waals surface area contributed by atoms with Gasteiger partial charge in [0.25, 0.3) is 0 Å². The van der Waals surface area contributed by atoms with E-state index in [4.69, 9.17) is 0 Å². The molecular formula is C25H40O3. The predicted molar refractivity (Wildman–Crippen MR) is 111 cm³/mol. The zero-order chi connectivity index (χ0) is 20.3. The second kappa shape index (κ2) is 6.84. The van der Waals surface area contributed by atoms with Crippen LogP contribution in [0.5, 0.6) is 0 Å². The number of hydrogen-bond donors (Lipinski definition) is 1. The van der Waals surface area contributed by atoms with E-state index in [1.165, 1.54) is 38.5 Å². The van der Waals surface area contributed by atoms with Crippen LogP contribution in [0.4, 0.5) is 0 Å². The maximum atomic E-state index is 12.5. The van der Waals surface area contributed by atoms with E-state index in [1.807, 2.05) is 0 Å². The van der Waals surface area contributed by atoms with Crippen LogP contribution in [0.15, 0.2) is 0 Å². The molecule has 0 spiro atoms. The van der Waals surface area contributed by atoms with E-state index in [-0.39, 0.29) is 17.6 Å². The van der Waals surface area contributed by atoms with Gasteiger partial charge in [-0.2, -0.15) is 0 Å². The molecule has 0 amide bonds. The minimum absolute atomic E-state index is 0.174. The van der Waals surface area contributed by atoms with Gasteiger partial charge in [-0.3, -0.25) is 9.59 Å². The maximum absolute atomic E-state index is 12.5. The lowest BCUT2D eigenvalue weighted by Gasteiger charge is -2.63. The average molecular weight is 389 g/mol. The van der Waals surface area contributed by atoms with Crippen molar-refractivity contribution in [2.45, 2.75) is 98.3 Å². The second-order valence-electron chi connectivity index (χ2n) is 11.4. The van der Waals surface area contributed by atoms with E-state index in [0.717, 1.165) is 30.6 Å². The summed E-state index contributed by atoms with van der Waals surface area (Å²) in [7, 11) is 0. The molecule has 0 bridgehead atoms. The molecule has 0 aromatic rings. The van der Waals surface area contributed by atoms with Crippen LogP contribution in [0.25, 0.3) is 0 Å². The highest BCUT2D eigenvalue weighted by Gasteiger charge is 2.67. The molecule has 0 saturated heterocycles. The number of carbonyl (C=O) groups is 2. The maximum Gasteiger partial charge on any atom is 0.310 e. The van der Waals surface area contributed by atoms with Crippen LogP contribution in [0.1, 0.15) is 98.3 Å². The molecule has 1 unspecified atom stereocenters. The molecule has 8 atom stereocenters. The Balaban J connectivity index is 1.65. The summed E-state index contributed by atoms with van der Waals surface area (Å²) in [4.78, 5) is 24.8. The van der Waals surface area contributed by atoms with Gasteiger partial charge in [-0.1, -0.05) is 40.5 Å². The summed E-state index contributed by atoms with van der Waals surface area (Å²) < 4.78 is 0. The standard InChI is InChI=1S/C25H40O3/c1-5-6-16(2)19-7-8-20-18-10-14-25(22(27)28)15-17(26)9-13-24(25,4)21(18)11-12-23(19,20)3/h16,18-21H,5-15H2,1-4H3,(H,27,28)/t16-,18+,19-,20+,21+,23-,24-,25?/m1/s1. The van der Waals surface area contributed by atoms with Crippen molar-refractivity contribution in [3.63, 3.8) is 0 Å². The fourth-order valence-electron chi connectivity index (χ4n) is 9.13. The van der Waals surface area contributed by atoms with Crippen LogP contribution < -0.4 is 0 Å². The van der Waals surface area contributed by atoms with E-state index in [2.05, 4.69) is 27.7 Å². The van der Waals surface area contributed by atoms with Gasteiger partial charge in [0.1, 0.15) is 5.78 Å². The molecule has 0 aromatic heterocycles. The van der Waals surface area contributed by atoms with Crippen molar-refractivity contribution in [3.05, 3.63) is 0 Å². The fourth-order valence-corrected chi connectivity index (χ4v) is 9.13. The topological polar surface area (TPSA) is 54.4 Å². The van der Waals surface area contributed by atoms with E-state index in [0.29, 0.717) is 30.1 Å². The molecule has 28 heavy (non-hydrogen) atoms. The van der Waals surface area contributed by atoms with E-state index in [9.17, 15) is 14.7 Å². The molecule has 4 fully saturated rings. The Morgan fingerprint density at radius 2 is 1.86 bits per heavy atom. The Morgan fingerprint density at radius 3 is 2.54 bits per heavy atom. The Kier molecular flexibility index (Phi) is 4.99. The molecule has 4 aliphatic carbocycles. The molecule has 0 heterocycles. The van der Waals surface area contributed by atoms with Gasteiger partial charge in [-0.25, -0.2) is 0 Å². The molecule has 4 saturated carbocycles. The summed E-state index contributed by atoms with van der Waals surface area (Å²) in [6.07, 6.45) is 11.1. The van der Waals surface area contributed by atoms with Gasteiger partial charge in [0.05, 0.1) is 5.41 Å². The van der Waals surface area contributed by atoms with Gasteiger partial charge in [-0.05, 0) is 85.4 Å². The number of Topliss-reactive ketones (excluding diaryl/α,β-unsaturated/α-hetero) is 1. The number of hydrogen-bond acceptors (Lipinski definition) is 2. The Morgan fingerprint density at radius 1 is 1.11 bits per heavy atom. The summed E-state index contributed by atoms with van der Waals surface area (Å²) in [6.45, 7) is 9.60. The summed E-state index contributed by atoms with van der Waals surface area (Å²) in [6, 6.07) is 0. The molecule has 3 heteroatoms. The highest BCUT2D eigenvalue weighted by Crippen LogP contribution is 2.71. The third-order valence-electron chi connectivity index (χ3n) is 10.6. The number of carboxylic acids is 1. The van der Waals surface area contributed by atoms with Gasteiger partial charge in [0.2, 0.25) is 0 Å².